The van der Waals surface area contributed by atoms with E-state index >= 15 is 0 Å². The average molecular weight is 161 g/mol. The molecule has 0 radical (unpaired) electrons. The van der Waals surface area contributed by atoms with Gasteiger partial charge in [-0.15, -0.1) is 0 Å². The van der Waals surface area contributed by atoms with Crippen LogP contribution in [-0.2, 0) is 9.47 Å². The number of rotatable bonds is 6. The largest absolute Gasteiger partial charge is 0.383 e. The van der Waals surface area contributed by atoms with Crippen LogP contribution in [0.5, 0.6) is 0 Å². The van der Waals surface area contributed by atoms with Crippen molar-refractivity contribution in [3.8, 4) is 0 Å². The molecule has 68 valence electrons. The topological polar surface area (TPSA) is 44.5 Å². The van der Waals surface area contributed by atoms with E-state index in [4.69, 9.17) is 15.2 Å². The van der Waals surface area contributed by atoms with Crippen LogP contribution in [0, 0.1) is 0 Å². The molecular weight excluding hydrogens is 142 g/mol. The van der Waals surface area contributed by atoms with Gasteiger partial charge in [0.05, 0.1) is 18.8 Å². The van der Waals surface area contributed by atoms with Crippen LogP contribution in [0.4, 0.5) is 0 Å². The molecule has 0 saturated heterocycles. The van der Waals surface area contributed by atoms with Crippen molar-refractivity contribution < 1.29 is 9.47 Å². The lowest BCUT2D eigenvalue weighted by Gasteiger charge is -2.21. The molecule has 0 rings (SSSR count). The minimum atomic E-state index is 0.00458. The SMILES string of the molecule is CCOC(CC)C(N)COC. The van der Waals surface area contributed by atoms with Gasteiger partial charge in [-0.25, -0.2) is 0 Å². The summed E-state index contributed by atoms with van der Waals surface area (Å²) >= 11 is 0. The van der Waals surface area contributed by atoms with E-state index in [1.807, 2.05) is 6.92 Å². The zero-order valence-electron chi connectivity index (χ0n) is 7.67. The third kappa shape index (κ3) is 4.35. The van der Waals surface area contributed by atoms with Gasteiger partial charge in [-0.05, 0) is 13.3 Å². The van der Waals surface area contributed by atoms with Gasteiger partial charge in [-0.2, -0.15) is 0 Å². The van der Waals surface area contributed by atoms with Gasteiger partial charge in [0, 0.05) is 13.7 Å². The van der Waals surface area contributed by atoms with Gasteiger partial charge in [0.1, 0.15) is 0 Å². The standard InChI is InChI=1S/C8H19NO2/c1-4-8(11-5-2)7(9)6-10-3/h7-8H,4-6,9H2,1-3H3. The van der Waals surface area contributed by atoms with E-state index in [1.54, 1.807) is 7.11 Å². The summed E-state index contributed by atoms with van der Waals surface area (Å²) in [7, 11) is 1.65. The van der Waals surface area contributed by atoms with Crippen molar-refractivity contribution in [2.24, 2.45) is 5.73 Å². The van der Waals surface area contributed by atoms with E-state index in [-0.39, 0.29) is 12.1 Å². The van der Waals surface area contributed by atoms with E-state index in [0.29, 0.717) is 6.61 Å². The predicted molar refractivity (Wildman–Crippen MR) is 45.6 cm³/mol. The molecule has 3 heteroatoms. The first-order chi connectivity index (χ1) is 5.26. The van der Waals surface area contributed by atoms with Gasteiger partial charge in [-0.1, -0.05) is 6.92 Å². The van der Waals surface area contributed by atoms with Gasteiger partial charge in [0.15, 0.2) is 0 Å². The molecule has 2 atom stereocenters. The maximum Gasteiger partial charge on any atom is 0.0745 e. The van der Waals surface area contributed by atoms with E-state index in [9.17, 15) is 0 Å². The minimum absolute atomic E-state index is 0.00458. The van der Waals surface area contributed by atoms with Crippen molar-refractivity contribution in [2.45, 2.75) is 32.4 Å². The Bertz CT molecular complexity index is 88.2. The monoisotopic (exact) mass is 161 g/mol. The fourth-order valence-corrected chi connectivity index (χ4v) is 1.06. The molecule has 0 aromatic rings. The van der Waals surface area contributed by atoms with Crippen molar-refractivity contribution in [3.63, 3.8) is 0 Å². The van der Waals surface area contributed by atoms with Crippen LogP contribution < -0.4 is 5.73 Å². The lowest BCUT2D eigenvalue weighted by atomic mass is 10.1. The van der Waals surface area contributed by atoms with Crippen molar-refractivity contribution >= 4 is 0 Å². The Morgan fingerprint density at radius 2 is 2.00 bits per heavy atom. The highest BCUT2D eigenvalue weighted by Crippen LogP contribution is 2.02. The number of methoxy groups -OCH3 is 1. The summed E-state index contributed by atoms with van der Waals surface area (Å²) in [5.41, 5.74) is 5.78. The Kier molecular flexibility index (Phi) is 6.51. The fourth-order valence-electron chi connectivity index (χ4n) is 1.06. The smallest absolute Gasteiger partial charge is 0.0745 e. The average Bonchev–Trinajstić information content (AvgIpc) is 2.00. The molecule has 0 aromatic heterocycles. The van der Waals surface area contributed by atoms with Crippen LogP contribution >= 0.6 is 0 Å². The summed E-state index contributed by atoms with van der Waals surface area (Å²) in [5, 5.41) is 0. The van der Waals surface area contributed by atoms with Gasteiger partial charge >= 0.3 is 0 Å². The number of nitrogens with two attached hydrogens (primary N) is 1. The van der Waals surface area contributed by atoms with Crippen LogP contribution in [0.2, 0.25) is 0 Å². The number of ether oxygens (including phenoxy) is 2. The summed E-state index contributed by atoms with van der Waals surface area (Å²) < 4.78 is 10.3. The molecule has 0 aliphatic heterocycles. The third-order valence-corrected chi connectivity index (χ3v) is 1.62. The lowest BCUT2D eigenvalue weighted by molar-refractivity contribution is 0.0191. The maximum atomic E-state index is 5.78. The molecule has 0 aromatic carbocycles. The highest BCUT2D eigenvalue weighted by atomic mass is 16.5. The van der Waals surface area contributed by atoms with Gasteiger partial charge in [0.25, 0.3) is 0 Å². The van der Waals surface area contributed by atoms with Crippen LogP contribution in [0.25, 0.3) is 0 Å². The zero-order chi connectivity index (χ0) is 8.69. The fraction of sp³-hybridized carbons (Fsp3) is 1.00. The van der Waals surface area contributed by atoms with Crippen LogP contribution in [-0.4, -0.2) is 32.5 Å². The second-order valence-corrected chi connectivity index (χ2v) is 2.52. The number of hydrogen-bond donors (Lipinski definition) is 1. The predicted octanol–water partition coefficient (Wildman–Crippen LogP) is 0.775. The molecule has 0 bridgehead atoms. The maximum absolute atomic E-state index is 5.78. The van der Waals surface area contributed by atoms with Crippen LogP contribution in [0.3, 0.4) is 0 Å². The second kappa shape index (κ2) is 6.58. The van der Waals surface area contributed by atoms with Crippen molar-refractivity contribution in [1.82, 2.24) is 0 Å². The molecule has 2 N–H and O–H groups in total. The lowest BCUT2D eigenvalue weighted by Crippen LogP contribution is -2.39. The molecule has 0 heterocycles. The summed E-state index contributed by atoms with van der Waals surface area (Å²) in [5.74, 6) is 0. The van der Waals surface area contributed by atoms with Crippen LogP contribution in [0.1, 0.15) is 20.3 Å². The summed E-state index contributed by atoms with van der Waals surface area (Å²) in [4.78, 5) is 0. The highest BCUT2D eigenvalue weighted by Gasteiger charge is 2.14. The zero-order valence-corrected chi connectivity index (χ0v) is 7.67. The van der Waals surface area contributed by atoms with E-state index in [2.05, 4.69) is 6.92 Å². The third-order valence-electron chi connectivity index (χ3n) is 1.62. The Morgan fingerprint density at radius 3 is 2.36 bits per heavy atom. The summed E-state index contributed by atoms with van der Waals surface area (Å²) in [6, 6.07) is 0.00458. The van der Waals surface area contributed by atoms with Crippen LogP contribution in [0.15, 0.2) is 0 Å². The Labute approximate surface area is 68.9 Å². The van der Waals surface area contributed by atoms with Crippen molar-refractivity contribution in [3.05, 3.63) is 0 Å². The quantitative estimate of drug-likeness (QED) is 0.626. The molecule has 3 nitrogen and oxygen atoms in total. The van der Waals surface area contributed by atoms with E-state index < -0.39 is 0 Å². The van der Waals surface area contributed by atoms with E-state index in [1.165, 1.54) is 0 Å². The summed E-state index contributed by atoms with van der Waals surface area (Å²) in [6.45, 7) is 5.33. The Balaban J connectivity index is 3.61. The molecular formula is C8H19NO2. The molecule has 2 unspecified atom stereocenters. The van der Waals surface area contributed by atoms with Crippen molar-refractivity contribution in [2.75, 3.05) is 20.3 Å². The minimum Gasteiger partial charge on any atom is -0.383 e. The van der Waals surface area contributed by atoms with Gasteiger partial charge < -0.3 is 15.2 Å². The molecule has 0 aliphatic rings. The number of hydrogen-bond acceptors (Lipinski definition) is 3. The first-order valence-corrected chi connectivity index (χ1v) is 4.12. The first-order valence-electron chi connectivity index (χ1n) is 4.12. The first kappa shape index (κ1) is 10.9. The molecule has 0 spiro atoms. The normalized spacial score (nSPS) is 16.4. The molecule has 0 fully saturated rings. The molecule has 11 heavy (non-hydrogen) atoms. The van der Waals surface area contributed by atoms with Crippen molar-refractivity contribution in [1.29, 1.82) is 0 Å². The second-order valence-electron chi connectivity index (χ2n) is 2.52. The highest BCUT2D eigenvalue weighted by molar-refractivity contribution is 4.71. The Hall–Kier alpha value is -0.120. The summed E-state index contributed by atoms with van der Waals surface area (Å²) in [6.07, 6.45) is 1.08. The molecule has 0 aliphatic carbocycles. The van der Waals surface area contributed by atoms with Gasteiger partial charge in [-0.3, -0.25) is 0 Å². The van der Waals surface area contributed by atoms with Gasteiger partial charge in [0.2, 0.25) is 0 Å². The molecule has 0 amide bonds. The molecule has 0 saturated carbocycles. The Morgan fingerprint density at radius 1 is 1.36 bits per heavy atom. The van der Waals surface area contributed by atoms with E-state index in [0.717, 1.165) is 13.0 Å².